The molecule has 0 aromatic rings. The lowest BCUT2D eigenvalue weighted by Gasteiger charge is -2.36. The highest BCUT2D eigenvalue weighted by atomic mass is 16.4. The monoisotopic (exact) mass is 228 g/mol. The lowest BCUT2D eigenvalue weighted by atomic mass is 10.00. The van der Waals surface area contributed by atoms with Gasteiger partial charge in [0.2, 0.25) is 5.91 Å². The maximum Gasteiger partial charge on any atom is 0.310 e. The molecule has 1 amide bonds. The molecule has 1 aliphatic heterocycles. The van der Waals surface area contributed by atoms with E-state index >= 15 is 0 Å². The van der Waals surface area contributed by atoms with E-state index in [2.05, 4.69) is 19.2 Å². The Kier molecular flexibility index (Phi) is 4.73. The number of carboxylic acids is 1. The molecule has 1 fully saturated rings. The summed E-state index contributed by atoms with van der Waals surface area (Å²) in [6.07, 6.45) is 1.32. The zero-order valence-electron chi connectivity index (χ0n) is 9.90. The fourth-order valence-corrected chi connectivity index (χ4v) is 1.63. The summed E-state index contributed by atoms with van der Waals surface area (Å²) in [7, 11) is 0. The summed E-state index contributed by atoms with van der Waals surface area (Å²) in [6, 6.07) is 0.440. The van der Waals surface area contributed by atoms with Crippen LogP contribution in [0.15, 0.2) is 0 Å². The molecule has 92 valence electrons. The number of nitrogens with one attached hydrogen (secondary N) is 1. The number of hydrogen-bond donors (Lipinski definition) is 2. The SMILES string of the molecule is CC(C)NCCCC(=O)N1CC(C(=O)O)C1. The van der Waals surface area contributed by atoms with Crippen LogP contribution in [0.3, 0.4) is 0 Å². The number of carbonyl (C=O) groups is 2. The van der Waals surface area contributed by atoms with E-state index in [1.54, 1.807) is 4.90 Å². The van der Waals surface area contributed by atoms with Gasteiger partial charge in [-0.3, -0.25) is 9.59 Å². The fraction of sp³-hybridized carbons (Fsp3) is 0.818. The first-order valence-electron chi connectivity index (χ1n) is 5.74. The lowest BCUT2D eigenvalue weighted by molar-refractivity contribution is -0.152. The Hall–Kier alpha value is -1.10. The zero-order chi connectivity index (χ0) is 12.1. The Labute approximate surface area is 95.8 Å². The number of hydrogen-bond acceptors (Lipinski definition) is 3. The van der Waals surface area contributed by atoms with Gasteiger partial charge in [0.1, 0.15) is 0 Å². The third-order valence-corrected chi connectivity index (χ3v) is 2.70. The standard InChI is InChI=1S/C11H20N2O3/c1-8(2)12-5-3-4-10(14)13-6-9(7-13)11(15)16/h8-9,12H,3-7H2,1-2H3,(H,15,16). The number of rotatable bonds is 6. The highest BCUT2D eigenvalue weighted by molar-refractivity contribution is 5.80. The number of likely N-dealkylation sites (tertiary alicyclic amines) is 1. The molecule has 16 heavy (non-hydrogen) atoms. The van der Waals surface area contributed by atoms with Crippen molar-refractivity contribution in [2.45, 2.75) is 32.7 Å². The van der Waals surface area contributed by atoms with Gasteiger partial charge in [0, 0.05) is 25.6 Å². The molecular weight excluding hydrogens is 208 g/mol. The summed E-state index contributed by atoms with van der Waals surface area (Å²) in [5.41, 5.74) is 0. The summed E-state index contributed by atoms with van der Waals surface area (Å²) < 4.78 is 0. The average molecular weight is 228 g/mol. The van der Waals surface area contributed by atoms with E-state index in [1.165, 1.54) is 0 Å². The Bertz CT molecular complexity index is 260. The summed E-state index contributed by atoms with van der Waals surface area (Å²) in [5.74, 6) is -1.08. The molecule has 2 N–H and O–H groups in total. The molecular formula is C11H20N2O3. The fourth-order valence-electron chi connectivity index (χ4n) is 1.63. The van der Waals surface area contributed by atoms with Crippen molar-refractivity contribution in [3.8, 4) is 0 Å². The summed E-state index contributed by atoms with van der Waals surface area (Å²) in [6.45, 7) is 5.72. The van der Waals surface area contributed by atoms with Gasteiger partial charge < -0.3 is 15.3 Å². The van der Waals surface area contributed by atoms with Crippen LogP contribution in [-0.4, -0.2) is 47.6 Å². The van der Waals surface area contributed by atoms with Crippen molar-refractivity contribution in [2.24, 2.45) is 5.92 Å². The van der Waals surface area contributed by atoms with Crippen molar-refractivity contribution in [3.63, 3.8) is 0 Å². The first-order chi connectivity index (χ1) is 7.50. The molecule has 0 atom stereocenters. The van der Waals surface area contributed by atoms with Crippen molar-refractivity contribution >= 4 is 11.9 Å². The zero-order valence-corrected chi connectivity index (χ0v) is 9.90. The molecule has 1 aliphatic rings. The molecule has 0 radical (unpaired) electrons. The Morgan fingerprint density at radius 2 is 2.06 bits per heavy atom. The minimum Gasteiger partial charge on any atom is -0.481 e. The van der Waals surface area contributed by atoms with Crippen molar-refractivity contribution in [1.82, 2.24) is 10.2 Å². The van der Waals surface area contributed by atoms with Crippen LogP contribution < -0.4 is 5.32 Å². The van der Waals surface area contributed by atoms with Crippen molar-refractivity contribution in [2.75, 3.05) is 19.6 Å². The van der Waals surface area contributed by atoms with E-state index in [-0.39, 0.29) is 11.8 Å². The summed E-state index contributed by atoms with van der Waals surface area (Å²) in [5, 5.41) is 11.9. The van der Waals surface area contributed by atoms with Gasteiger partial charge in [-0.1, -0.05) is 13.8 Å². The first kappa shape index (κ1) is 13.0. The summed E-state index contributed by atoms with van der Waals surface area (Å²) >= 11 is 0. The third kappa shape index (κ3) is 3.81. The molecule has 0 bridgehead atoms. The maximum absolute atomic E-state index is 11.5. The van der Waals surface area contributed by atoms with Gasteiger partial charge in [-0.25, -0.2) is 0 Å². The van der Waals surface area contributed by atoms with Crippen LogP contribution in [0.4, 0.5) is 0 Å². The predicted octanol–water partition coefficient (Wildman–Crippen LogP) is 0.308. The van der Waals surface area contributed by atoms with E-state index in [0.717, 1.165) is 13.0 Å². The second-order valence-electron chi connectivity index (χ2n) is 4.55. The molecule has 1 heterocycles. The molecule has 0 spiro atoms. The molecule has 0 aliphatic carbocycles. The number of aliphatic carboxylic acids is 1. The molecule has 5 heteroatoms. The molecule has 0 saturated carbocycles. The van der Waals surface area contributed by atoms with Crippen molar-refractivity contribution in [3.05, 3.63) is 0 Å². The van der Waals surface area contributed by atoms with Gasteiger partial charge in [-0.05, 0) is 13.0 Å². The second-order valence-corrected chi connectivity index (χ2v) is 4.55. The van der Waals surface area contributed by atoms with Crippen LogP contribution in [0.1, 0.15) is 26.7 Å². The third-order valence-electron chi connectivity index (χ3n) is 2.70. The highest BCUT2D eigenvalue weighted by Crippen LogP contribution is 2.16. The summed E-state index contributed by atoms with van der Waals surface area (Å²) in [4.78, 5) is 23.7. The topological polar surface area (TPSA) is 69.6 Å². The van der Waals surface area contributed by atoms with Crippen LogP contribution in [0.25, 0.3) is 0 Å². The number of amides is 1. The van der Waals surface area contributed by atoms with Gasteiger partial charge in [0.15, 0.2) is 0 Å². The predicted molar refractivity (Wildman–Crippen MR) is 60.1 cm³/mol. The Balaban J connectivity index is 2.07. The van der Waals surface area contributed by atoms with E-state index in [1.807, 2.05) is 0 Å². The molecule has 5 nitrogen and oxygen atoms in total. The largest absolute Gasteiger partial charge is 0.481 e. The first-order valence-corrected chi connectivity index (χ1v) is 5.74. The smallest absolute Gasteiger partial charge is 0.310 e. The minimum absolute atomic E-state index is 0.0723. The van der Waals surface area contributed by atoms with E-state index in [4.69, 9.17) is 5.11 Å². The average Bonchev–Trinajstić information content (AvgIpc) is 2.08. The minimum atomic E-state index is -0.800. The molecule has 0 aromatic heterocycles. The molecule has 1 rings (SSSR count). The van der Waals surface area contributed by atoms with Crippen LogP contribution in [0.2, 0.25) is 0 Å². The van der Waals surface area contributed by atoms with Gasteiger partial charge >= 0.3 is 5.97 Å². The highest BCUT2D eigenvalue weighted by Gasteiger charge is 2.34. The van der Waals surface area contributed by atoms with Crippen molar-refractivity contribution in [1.29, 1.82) is 0 Å². The number of carboxylic acid groups (broad SMARTS) is 1. The van der Waals surface area contributed by atoms with E-state index in [0.29, 0.717) is 25.6 Å². The van der Waals surface area contributed by atoms with Gasteiger partial charge in [0.25, 0.3) is 0 Å². The van der Waals surface area contributed by atoms with Gasteiger partial charge in [-0.15, -0.1) is 0 Å². The lowest BCUT2D eigenvalue weighted by Crippen LogP contribution is -2.53. The number of nitrogens with zero attached hydrogens (tertiary/aromatic N) is 1. The quantitative estimate of drug-likeness (QED) is 0.642. The van der Waals surface area contributed by atoms with Crippen LogP contribution in [-0.2, 0) is 9.59 Å². The molecule has 1 saturated heterocycles. The van der Waals surface area contributed by atoms with Crippen molar-refractivity contribution < 1.29 is 14.7 Å². The molecule has 0 unspecified atom stereocenters. The normalized spacial score (nSPS) is 16.3. The Morgan fingerprint density at radius 1 is 1.44 bits per heavy atom. The van der Waals surface area contributed by atoms with Crippen LogP contribution >= 0.6 is 0 Å². The number of carbonyl (C=O) groups excluding carboxylic acids is 1. The van der Waals surface area contributed by atoms with Crippen LogP contribution in [0.5, 0.6) is 0 Å². The Morgan fingerprint density at radius 3 is 2.56 bits per heavy atom. The molecule has 0 aromatic carbocycles. The maximum atomic E-state index is 11.5. The van der Waals surface area contributed by atoms with Gasteiger partial charge in [0.05, 0.1) is 5.92 Å². The van der Waals surface area contributed by atoms with Crippen LogP contribution in [0, 0.1) is 5.92 Å². The van der Waals surface area contributed by atoms with E-state index < -0.39 is 5.97 Å². The second kappa shape index (κ2) is 5.84. The van der Waals surface area contributed by atoms with Gasteiger partial charge in [-0.2, -0.15) is 0 Å². The van der Waals surface area contributed by atoms with E-state index in [9.17, 15) is 9.59 Å².